The zero-order valence-corrected chi connectivity index (χ0v) is 22.9. The average Bonchev–Trinajstić information content (AvgIpc) is 2.78. The number of rotatable bonds is 11. The summed E-state index contributed by atoms with van der Waals surface area (Å²) in [6.07, 6.45) is 0.864. The fraction of sp³-hybridized carbons (Fsp3) is 0.483. The molecule has 2 rings (SSSR count). The van der Waals surface area contributed by atoms with E-state index in [1.165, 1.54) is 17.3 Å². The van der Waals surface area contributed by atoms with Crippen LogP contribution in [0, 0.1) is 11.3 Å². The standard InChI is InChI=1S/C29H42O4Si/c1-9-27(33-23(3)30)29(7,8)26(31)20-22(2)21-32-34(28(4,5)6,24-16-12-10-13-17-24)25-18-14-11-15-19-25/h9-19,22,26-27,31H,1,20-21H2,2-8H3/t22-,26-,27-/m1/s1. The van der Waals surface area contributed by atoms with Gasteiger partial charge in [-0.05, 0) is 27.8 Å². The number of ether oxygens (including phenoxy) is 1. The number of aliphatic hydroxyl groups is 1. The summed E-state index contributed by atoms with van der Waals surface area (Å²) in [4.78, 5) is 11.5. The van der Waals surface area contributed by atoms with Crippen LogP contribution in [-0.2, 0) is 14.0 Å². The van der Waals surface area contributed by atoms with Gasteiger partial charge in [0.2, 0.25) is 0 Å². The molecule has 2 aromatic rings. The maximum atomic E-state index is 11.5. The summed E-state index contributed by atoms with van der Waals surface area (Å²) in [5, 5.41) is 13.5. The van der Waals surface area contributed by atoms with E-state index >= 15 is 0 Å². The van der Waals surface area contributed by atoms with Crippen molar-refractivity contribution in [3.63, 3.8) is 0 Å². The van der Waals surface area contributed by atoms with Crippen LogP contribution in [0.1, 0.15) is 54.9 Å². The fourth-order valence-corrected chi connectivity index (χ4v) is 9.34. The van der Waals surface area contributed by atoms with E-state index in [9.17, 15) is 9.90 Å². The normalized spacial score (nSPS) is 15.3. The van der Waals surface area contributed by atoms with Gasteiger partial charge in [0.1, 0.15) is 6.10 Å². The molecule has 0 saturated heterocycles. The second-order valence-corrected chi connectivity index (χ2v) is 15.2. The van der Waals surface area contributed by atoms with Gasteiger partial charge in [0.15, 0.2) is 0 Å². The molecule has 2 aromatic carbocycles. The minimum Gasteiger partial charge on any atom is -0.458 e. The molecule has 0 aliphatic carbocycles. The molecule has 0 unspecified atom stereocenters. The molecule has 0 aliphatic rings. The van der Waals surface area contributed by atoms with Crippen LogP contribution in [-0.4, -0.2) is 38.2 Å². The van der Waals surface area contributed by atoms with Crippen LogP contribution in [0.25, 0.3) is 0 Å². The van der Waals surface area contributed by atoms with E-state index in [4.69, 9.17) is 9.16 Å². The second-order valence-electron chi connectivity index (χ2n) is 10.9. The zero-order valence-electron chi connectivity index (χ0n) is 21.9. The molecule has 0 saturated carbocycles. The van der Waals surface area contributed by atoms with Crippen LogP contribution in [0.3, 0.4) is 0 Å². The molecule has 34 heavy (non-hydrogen) atoms. The predicted molar refractivity (Wildman–Crippen MR) is 143 cm³/mol. The summed E-state index contributed by atoms with van der Waals surface area (Å²) in [6.45, 7) is 18.4. The van der Waals surface area contributed by atoms with E-state index in [1.54, 1.807) is 6.08 Å². The molecule has 0 amide bonds. The lowest BCUT2D eigenvalue weighted by Gasteiger charge is -2.44. The van der Waals surface area contributed by atoms with Gasteiger partial charge in [-0.1, -0.05) is 115 Å². The molecule has 0 radical (unpaired) electrons. The zero-order chi connectivity index (χ0) is 25.6. The highest BCUT2D eigenvalue weighted by atomic mass is 28.4. The van der Waals surface area contributed by atoms with E-state index in [2.05, 4.69) is 82.8 Å². The maximum absolute atomic E-state index is 11.5. The Morgan fingerprint density at radius 2 is 1.47 bits per heavy atom. The highest BCUT2D eigenvalue weighted by molar-refractivity contribution is 6.99. The van der Waals surface area contributed by atoms with Crippen LogP contribution >= 0.6 is 0 Å². The second kappa shape index (κ2) is 11.5. The highest BCUT2D eigenvalue weighted by Gasteiger charge is 2.50. The van der Waals surface area contributed by atoms with Gasteiger partial charge in [-0.15, -0.1) is 0 Å². The molecule has 0 heterocycles. The van der Waals surface area contributed by atoms with Crippen LogP contribution in [0.4, 0.5) is 0 Å². The first-order valence-corrected chi connectivity index (χ1v) is 14.0. The van der Waals surface area contributed by atoms with Crippen molar-refractivity contribution in [2.24, 2.45) is 11.3 Å². The summed E-state index contributed by atoms with van der Waals surface area (Å²) < 4.78 is 12.4. The van der Waals surface area contributed by atoms with Gasteiger partial charge in [0.25, 0.3) is 8.32 Å². The molecule has 186 valence electrons. The first kappa shape index (κ1) is 28.0. The number of hydrogen-bond acceptors (Lipinski definition) is 4. The van der Waals surface area contributed by atoms with Crippen molar-refractivity contribution in [3.05, 3.63) is 73.3 Å². The molecular formula is C29H42O4Si. The van der Waals surface area contributed by atoms with Crippen LogP contribution in [0.5, 0.6) is 0 Å². The molecule has 3 atom stereocenters. The quantitative estimate of drug-likeness (QED) is 0.275. The third-order valence-electron chi connectivity index (χ3n) is 6.73. The van der Waals surface area contributed by atoms with Crippen molar-refractivity contribution < 1.29 is 19.1 Å². The number of hydrogen-bond donors (Lipinski definition) is 1. The third kappa shape index (κ3) is 6.26. The number of aliphatic hydroxyl groups excluding tert-OH is 1. The Hall–Kier alpha value is -2.21. The molecule has 0 aliphatic heterocycles. The maximum Gasteiger partial charge on any atom is 0.303 e. The van der Waals surface area contributed by atoms with E-state index in [-0.39, 0.29) is 16.9 Å². The monoisotopic (exact) mass is 482 g/mol. The fourth-order valence-electron chi connectivity index (χ4n) is 4.65. The largest absolute Gasteiger partial charge is 0.458 e. The van der Waals surface area contributed by atoms with Crippen molar-refractivity contribution >= 4 is 24.7 Å². The summed E-state index contributed by atoms with van der Waals surface area (Å²) in [6, 6.07) is 21.1. The third-order valence-corrected chi connectivity index (χ3v) is 11.7. The minimum absolute atomic E-state index is 0.0960. The summed E-state index contributed by atoms with van der Waals surface area (Å²) >= 11 is 0. The van der Waals surface area contributed by atoms with Gasteiger partial charge >= 0.3 is 5.97 Å². The van der Waals surface area contributed by atoms with Crippen molar-refractivity contribution in [1.82, 2.24) is 0 Å². The van der Waals surface area contributed by atoms with Gasteiger partial charge in [-0.2, -0.15) is 0 Å². The predicted octanol–water partition coefficient (Wildman–Crippen LogP) is 5.09. The van der Waals surface area contributed by atoms with Crippen molar-refractivity contribution in [3.8, 4) is 0 Å². The molecule has 0 fully saturated rings. The Kier molecular flexibility index (Phi) is 9.46. The van der Waals surface area contributed by atoms with E-state index < -0.39 is 25.9 Å². The van der Waals surface area contributed by atoms with Gasteiger partial charge in [-0.3, -0.25) is 4.79 Å². The molecule has 0 spiro atoms. The van der Waals surface area contributed by atoms with Gasteiger partial charge < -0.3 is 14.3 Å². The van der Waals surface area contributed by atoms with Gasteiger partial charge in [0.05, 0.1) is 6.10 Å². The Morgan fingerprint density at radius 3 is 1.85 bits per heavy atom. The Balaban J connectivity index is 2.30. The van der Waals surface area contributed by atoms with Crippen molar-refractivity contribution in [2.45, 2.75) is 72.1 Å². The summed E-state index contributed by atoms with van der Waals surface area (Å²) in [5.74, 6) is -0.285. The molecule has 5 heteroatoms. The topological polar surface area (TPSA) is 55.8 Å². The van der Waals surface area contributed by atoms with E-state index in [1.807, 2.05) is 26.0 Å². The first-order chi connectivity index (χ1) is 15.9. The van der Waals surface area contributed by atoms with Crippen LogP contribution in [0.15, 0.2) is 73.3 Å². The molecule has 1 N–H and O–H groups in total. The first-order valence-electron chi connectivity index (χ1n) is 12.1. The van der Waals surface area contributed by atoms with Gasteiger partial charge in [0, 0.05) is 18.9 Å². The SMILES string of the molecule is C=C[C@@H](OC(C)=O)C(C)(C)[C@H](O)C[C@@H](C)CO[Si](c1ccccc1)(c1ccccc1)C(C)(C)C. The molecule has 4 nitrogen and oxygen atoms in total. The summed E-state index contributed by atoms with van der Waals surface area (Å²) in [7, 11) is -2.63. The smallest absolute Gasteiger partial charge is 0.303 e. The summed E-state index contributed by atoms with van der Waals surface area (Å²) in [5.41, 5.74) is -0.668. The number of benzene rings is 2. The van der Waals surface area contributed by atoms with E-state index in [0.29, 0.717) is 13.0 Å². The Labute approximate surface area is 207 Å². The highest BCUT2D eigenvalue weighted by Crippen LogP contribution is 2.38. The lowest BCUT2D eigenvalue weighted by molar-refractivity contribution is -0.153. The van der Waals surface area contributed by atoms with Crippen LogP contribution in [0.2, 0.25) is 5.04 Å². The van der Waals surface area contributed by atoms with E-state index in [0.717, 1.165) is 0 Å². The van der Waals surface area contributed by atoms with Crippen LogP contribution < -0.4 is 10.4 Å². The average molecular weight is 483 g/mol. The van der Waals surface area contributed by atoms with Gasteiger partial charge in [-0.25, -0.2) is 0 Å². The van der Waals surface area contributed by atoms with Crippen molar-refractivity contribution in [2.75, 3.05) is 6.61 Å². The Bertz CT molecular complexity index is 879. The van der Waals surface area contributed by atoms with Crippen molar-refractivity contribution in [1.29, 1.82) is 0 Å². The minimum atomic E-state index is -2.63. The number of carbonyl (C=O) groups is 1. The molecule has 0 bridgehead atoms. The number of carbonyl (C=O) groups excluding carboxylic acids is 1. The molecule has 0 aromatic heterocycles. The Morgan fingerprint density at radius 1 is 1.00 bits per heavy atom. The lowest BCUT2D eigenvalue weighted by Crippen LogP contribution is -2.66. The number of esters is 1. The lowest BCUT2D eigenvalue weighted by atomic mass is 9.77. The molecular weight excluding hydrogens is 440 g/mol.